The molecule has 5 rings (SSSR count). The summed E-state index contributed by atoms with van der Waals surface area (Å²) in [5.41, 5.74) is 1.38. The number of ether oxygens (including phenoxy) is 1. The molecule has 4 aromatic carbocycles. The highest BCUT2D eigenvalue weighted by molar-refractivity contribution is 6.33. The molecule has 4 aromatic rings. The van der Waals surface area contributed by atoms with Crippen molar-refractivity contribution < 1.29 is 49.4 Å². The van der Waals surface area contributed by atoms with Crippen molar-refractivity contribution in [3.05, 3.63) is 101 Å². The lowest BCUT2D eigenvalue weighted by Crippen LogP contribution is -2.28. The molecule has 15 nitrogen and oxygen atoms in total. The number of hydrogen-bond donors (Lipinski definition) is 10. The van der Waals surface area contributed by atoms with Crippen LogP contribution in [0.25, 0.3) is 0 Å². The van der Waals surface area contributed by atoms with Gasteiger partial charge < -0.3 is 56.9 Å². The van der Waals surface area contributed by atoms with Gasteiger partial charge in [0.15, 0.2) is 0 Å². The summed E-state index contributed by atoms with van der Waals surface area (Å²) >= 11 is 0. The van der Waals surface area contributed by atoms with E-state index >= 15 is 0 Å². The highest BCUT2D eigenvalue weighted by Gasteiger charge is 2.37. The van der Waals surface area contributed by atoms with E-state index in [0.717, 1.165) is 0 Å². The van der Waals surface area contributed by atoms with E-state index in [4.69, 9.17) is 14.9 Å². The number of esters is 1. The van der Waals surface area contributed by atoms with Crippen LogP contribution in [0.3, 0.4) is 0 Å². The van der Waals surface area contributed by atoms with Crippen LogP contribution in [0.5, 0.6) is 23.0 Å². The van der Waals surface area contributed by atoms with Gasteiger partial charge in [0.25, 0.3) is 0 Å². The Hall–Kier alpha value is -5.42. The predicted molar refractivity (Wildman–Crippen MR) is 208 cm³/mol. The molecule has 1 amide bonds. The molecular formula is C37H43Cl2N5O10. The number of fused-ring (bicyclic) bond motifs is 2. The zero-order chi connectivity index (χ0) is 37.6. The molecule has 0 saturated heterocycles. The van der Waals surface area contributed by atoms with Crippen molar-refractivity contribution in [3.63, 3.8) is 0 Å². The highest BCUT2D eigenvalue weighted by atomic mass is 35.5. The van der Waals surface area contributed by atoms with Crippen molar-refractivity contribution >= 4 is 65.3 Å². The number of phenols is 3. The lowest BCUT2D eigenvalue weighted by molar-refractivity contribution is -0.114. The summed E-state index contributed by atoms with van der Waals surface area (Å²) in [6, 6.07) is 18.2. The predicted octanol–water partition coefficient (Wildman–Crippen LogP) is 3.27. The van der Waals surface area contributed by atoms with Gasteiger partial charge in [-0.1, -0.05) is 12.1 Å². The third kappa shape index (κ3) is 11.5. The Balaban J connectivity index is 0.000000397. The summed E-state index contributed by atoms with van der Waals surface area (Å²) in [7, 11) is 0. The maximum absolute atomic E-state index is 13.4. The van der Waals surface area contributed by atoms with Gasteiger partial charge in [-0.05, 0) is 60.7 Å². The fourth-order valence-electron chi connectivity index (χ4n) is 5.26. The Bertz CT molecular complexity index is 1830. The van der Waals surface area contributed by atoms with E-state index in [-0.39, 0.29) is 89.0 Å². The minimum atomic E-state index is -0.643. The quantitative estimate of drug-likeness (QED) is 0.0317. The number of carbonyl (C=O) groups is 4. The minimum Gasteiger partial charge on any atom is -0.507 e. The zero-order valence-electron chi connectivity index (χ0n) is 29.2. The average Bonchev–Trinajstić information content (AvgIpc) is 3.12. The first-order valence-electron chi connectivity index (χ1n) is 16.4. The van der Waals surface area contributed by atoms with Crippen LogP contribution < -0.4 is 31.3 Å². The molecule has 0 radical (unpaired) electrons. The van der Waals surface area contributed by atoms with Crippen LogP contribution in [-0.4, -0.2) is 101 Å². The number of ketones is 2. The Kier molecular flexibility index (Phi) is 18.2. The van der Waals surface area contributed by atoms with E-state index < -0.39 is 17.5 Å². The Labute approximate surface area is 323 Å². The second kappa shape index (κ2) is 21.9. The Morgan fingerprint density at radius 1 is 0.593 bits per heavy atom. The molecule has 0 spiro atoms. The van der Waals surface area contributed by atoms with Crippen molar-refractivity contribution in [1.29, 1.82) is 0 Å². The number of phenolic OH excluding ortho intramolecular Hbond substituents is 3. The molecule has 54 heavy (non-hydrogen) atoms. The largest absolute Gasteiger partial charge is 0.507 e. The van der Waals surface area contributed by atoms with Crippen LogP contribution in [0, 0.1) is 0 Å². The fraction of sp³-hybridized carbons (Fsp3) is 0.243. The first-order valence-corrected chi connectivity index (χ1v) is 16.4. The normalized spacial score (nSPS) is 11.0. The van der Waals surface area contributed by atoms with Gasteiger partial charge in [-0.25, -0.2) is 4.79 Å². The summed E-state index contributed by atoms with van der Waals surface area (Å²) < 4.78 is 5.13. The van der Waals surface area contributed by atoms with Gasteiger partial charge in [-0.2, -0.15) is 0 Å². The van der Waals surface area contributed by atoms with Crippen LogP contribution in [0.1, 0.15) is 49.1 Å². The molecule has 0 aromatic heterocycles. The summed E-state index contributed by atoms with van der Waals surface area (Å²) in [5.74, 6) is -2.49. The van der Waals surface area contributed by atoms with Gasteiger partial charge in [0.1, 0.15) is 28.6 Å². The van der Waals surface area contributed by atoms with E-state index in [1.54, 1.807) is 48.5 Å². The molecule has 0 fully saturated rings. The van der Waals surface area contributed by atoms with Gasteiger partial charge in [0, 0.05) is 63.3 Å². The molecule has 0 bridgehead atoms. The molecule has 1 aliphatic rings. The number of nitrogens with one attached hydrogen (secondary N) is 5. The lowest BCUT2D eigenvalue weighted by Gasteiger charge is -2.25. The van der Waals surface area contributed by atoms with Crippen LogP contribution >= 0.6 is 24.8 Å². The van der Waals surface area contributed by atoms with E-state index in [0.29, 0.717) is 62.1 Å². The summed E-state index contributed by atoms with van der Waals surface area (Å²) in [6.07, 6.45) is 0. The minimum absolute atomic E-state index is 0. The van der Waals surface area contributed by atoms with E-state index in [2.05, 4.69) is 26.6 Å². The number of amides is 1. The zero-order valence-corrected chi connectivity index (χ0v) is 30.8. The van der Waals surface area contributed by atoms with Crippen molar-refractivity contribution in [1.82, 2.24) is 10.6 Å². The summed E-state index contributed by atoms with van der Waals surface area (Å²) in [5, 5.41) is 62.7. The van der Waals surface area contributed by atoms with Gasteiger partial charge in [0.2, 0.25) is 17.5 Å². The van der Waals surface area contributed by atoms with Crippen molar-refractivity contribution in [2.75, 3.05) is 68.4 Å². The molecule has 10 N–H and O–H groups in total. The Morgan fingerprint density at radius 3 is 1.52 bits per heavy atom. The third-order valence-electron chi connectivity index (χ3n) is 7.60. The second-order valence-electron chi connectivity index (χ2n) is 11.3. The van der Waals surface area contributed by atoms with Gasteiger partial charge >= 0.3 is 5.97 Å². The molecule has 0 unspecified atom stereocenters. The topological polar surface area (TPSA) is 239 Å². The number of aliphatic hydroxyl groups is 2. The third-order valence-corrected chi connectivity index (χ3v) is 7.60. The van der Waals surface area contributed by atoms with E-state index in [1.807, 2.05) is 0 Å². The van der Waals surface area contributed by atoms with Crippen LogP contribution in [-0.2, 0) is 4.79 Å². The molecule has 0 heterocycles. The number of hydrogen-bond acceptors (Lipinski definition) is 14. The SMILES string of the molecule is CC(=O)Nc1ccc(OC(=O)c2ccccc2O)cc1.Cl.Cl.O=C1c2c(O)ccc(O)c2C(=O)c2c(NCCNCCO)ccc(NCCNCCO)c21. The van der Waals surface area contributed by atoms with Gasteiger partial charge in [0.05, 0.1) is 35.5 Å². The summed E-state index contributed by atoms with van der Waals surface area (Å²) in [6.45, 7) is 4.22. The number of benzene rings is 4. The number of carbonyl (C=O) groups excluding carboxylic acids is 4. The molecule has 290 valence electrons. The number of anilines is 3. The Morgan fingerprint density at radius 2 is 1.07 bits per heavy atom. The second-order valence-corrected chi connectivity index (χ2v) is 11.3. The van der Waals surface area contributed by atoms with Crippen LogP contribution in [0.15, 0.2) is 72.8 Å². The van der Waals surface area contributed by atoms with Gasteiger partial charge in [-0.15, -0.1) is 24.8 Å². The van der Waals surface area contributed by atoms with Gasteiger partial charge in [-0.3, -0.25) is 14.4 Å². The fourth-order valence-corrected chi connectivity index (χ4v) is 5.26. The number of aliphatic hydroxyl groups excluding tert-OH is 2. The van der Waals surface area contributed by atoms with E-state index in [9.17, 15) is 34.5 Å². The molecule has 0 saturated carbocycles. The van der Waals surface area contributed by atoms with Crippen molar-refractivity contribution in [3.8, 4) is 23.0 Å². The van der Waals surface area contributed by atoms with E-state index in [1.165, 1.54) is 31.2 Å². The highest BCUT2D eigenvalue weighted by Crippen LogP contribution is 2.42. The van der Waals surface area contributed by atoms with Crippen molar-refractivity contribution in [2.24, 2.45) is 0 Å². The molecule has 1 aliphatic carbocycles. The number of para-hydroxylation sites is 1. The van der Waals surface area contributed by atoms with Crippen LogP contribution in [0.2, 0.25) is 0 Å². The molecule has 0 atom stereocenters. The monoisotopic (exact) mass is 787 g/mol. The standard InChI is InChI=1S/C22H28N4O6.C15H13NO4.2ClH/c27-11-9-23-5-7-25-13-1-2-14(26-8-6-24-10-12-28)18-17(13)21(31)19-15(29)3-4-16(30)20(19)22(18)32;1-10(17)16-11-6-8-12(9-7-11)20-15(19)13-4-2-3-5-14(13)18;;/h1-4,23-30H,5-12H2;2-9,18H,1H3,(H,16,17);2*1H. The first-order chi connectivity index (χ1) is 25.1. The summed E-state index contributed by atoms with van der Waals surface area (Å²) in [4.78, 5) is 49.5. The molecule has 17 heteroatoms. The smallest absolute Gasteiger partial charge is 0.347 e. The van der Waals surface area contributed by atoms with Crippen LogP contribution in [0.4, 0.5) is 17.1 Å². The maximum atomic E-state index is 13.4. The number of rotatable bonds is 15. The number of halogens is 2. The molecular weight excluding hydrogens is 745 g/mol. The average molecular weight is 789 g/mol. The lowest BCUT2D eigenvalue weighted by atomic mass is 9.81. The maximum Gasteiger partial charge on any atom is 0.347 e. The molecule has 0 aliphatic heterocycles. The first kappa shape index (κ1) is 44.7. The van der Waals surface area contributed by atoms with Crippen molar-refractivity contribution in [2.45, 2.75) is 6.92 Å². The number of aromatic hydroxyl groups is 3.